The van der Waals surface area contributed by atoms with Gasteiger partial charge < -0.3 is 10.4 Å². The van der Waals surface area contributed by atoms with Gasteiger partial charge in [0.15, 0.2) is 0 Å². The summed E-state index contributed by atoms with van der Waals surface area (Å²) in [5.41, 5.74) is -0.741. The zero-order valence-corrected chi connectivity index (χ0v) is 11.9. The highest BCUT2D eigenvalue weighted by Crippen LogP contribution is 2.20. The van der Waals surface area contributed by atoms with Crippen molar-refractivity contribution < 1.29 is 23.5 Å². The van der Waals surface area contributed by atoms with Crippen LogP contribution in [0.2, 0.25) is 0 Å². The SMILES string of the molecule is O=C(O)c1ccc(NC(=O)c2cc(Br)ccc2F)c(F)c1. The molecule has 0 bridgehead atoms. The molecular weight excluding hydrogens is 348 g/mol. The summed E-state index contributed by atoms with van der Waals surface area (Å²) in [6.45, 7) is 0. The number of carbonyl (C=O) groups is 2. The molecule has 0 aromatic heterocycles. The summed E-state index contributed by atoms with van der Waals surface area (Å²) < 4.78 is 27.7. The van der Waals surface area contributed by atoms with Crippen LogP contribution < -0.4 is 5.32 Å². The molecule has 0 saturated carbocycles. The lowest BCUT2D eigenvalue weighted by molar-refractivity contribution is 0.0696. The van der Waals surface area contributed by atoms with Gasteiger partial charge in [0.1, 0.15) is 11.6 Å². The molecule has 0 unspecified atom stereocenters. The third kappa shape index (κ3) is 3.43. The average Bonchev–Trinajstić information content (AvgIpc) is 2.43. The summed E-state index contributed by atoms with van der Waals surface area (Å²) in [5.74, 6) is -3.79. The van der Waals surface area contributed by atoms with Gasteiger partial charge in [-0.05, 0) is 36.4 Å². The average molecular weight is 356 g/mol. The predicted octanol–water partition coefficient (Wildman–Crippen LogP) is 3.68. The molecule has 0 aliphatic heterocycles. The van der Waals surface area contributed by atoms with Crippen molar-refractivity contribution in [3.63, 3.8) is 0 Å². The van der Waals surface area contributed by atoms with Crippen LogP contribution in [0.25, 0.3) is 0 Å². The maximum atomic E-state index is 13.7. The number of carboxylic acids is 1. The Bertz CT molecular complexity index is 734. The molecule has 108 valence electrons. The number of aromatic carboxylic acids is 1. The highest BCUT2D eigenvalue weighted by molar-refractivity contribution is 9.10. The Balaban J connectivity index is 2.27. The lowest BCUT2D eigenvalue weighted by atomic mass is 10.1. The first kappa shape index (κ1) is 15.1. The van der Waals surface area contributed by atoms with Gasteiger partial charge in [-0.25, -0.2) is 13.6 Å². The maximum Gasteiger partial charge on any atom is 0.335 e. The van der Waals surface area contributed by atoms with Crippen LogP contribution in [0.3, 0.4) is 0 Å². The quantitative estimate of drug-likeness (QED) is 0.882. The molecule has 2 N–H and O–H groups in total. The van der Waals surface area contributed by atoms with E-state index in [1.165, 1.54) is 12.1 Å². The zero-order valence-electron chi connectivity index (χ0n) is 10.4. The number of rotatable bonds is 3. The molecule has 0 radical (unpaired) electrons. The Morgan fingerprint density at radius 2 is 1.76 bits per heavy atom. The lowest BCUT2D eigenvalue weighted by Gasteiger charge is -2.08. The highest BCUT2D eigenvalue weighted by atomic mass is 79.9. The van der Waals surface area contributed by atoms with Crippen LogP contribution in [0.5, 0.6) is 0 Å². The molecule has 0 fully saturated rings. The van der Waals surface area contributed by atoms with Crippen molar-refractivity contribution >= 4 is 33.5 Å². The summed E-state index contributed by atoms with van der Waals surface area (Å²) in [6.07, 6.45) is 0. The number of hydrogen-bond acceptors (Lipinski definition) is 2. The Morgan fingerprint density at radius 1 is 1.05 bits per heavy atom. The van der Waals surface area contributed by atoms with Gasteiger partial charge in [-0.2, -0.15) is 0 Å². The summed E-state index contributed by atoms with van der Waals surface area (Å²) in [5, 5.41) is 10.9. The number of nitrogens with one attached hydrogen (secondary N) is 1. The van der Waals surface area contributed by atoms with Crippen LogP contribution >= 0.6 is 15.9 Å². The van der Waals surface area contributed by atoms with Crippen molar-refractivity contribution in [2.45, 2.75) is 0 Å². The number of benzene rings is 2. The third-order valence-corrected chi connectivity index (χ3v) is 3.13. The van der Waals surface area contributed by atoms with Gasteiger partial charge in [0.05, 0.1) is 16.8 Å². The van der Waals surface area contributed by atoms with E-state index in [0.29, 0.717) is 4.47 Å². The van der Waals surface area contributed by atoms with Crippen molar-refractivity contribution in [3.05, 3.63) is 63.6 Å². The zero-order chi connectivity index (χ0) is 15.6. The van der Waals surface area contributed by atoms with E-state index in [2.05, 4.69) is 21.2 Å². The van der Waals surface area contributed by atoms with Crippen molar-refractivity contribution in [1.29, 1.82) is 0 Å². The van der Waals surface area contributed by atoms with Crippen molar-refractivity contribution in [3.8, 4) is 0 Å². The predicted molar refractivity (Wildman–Crippen MR) is 75.4 cm³/mol. The molecule has 0 aliphatic carbocycles. The number of carboxylic acid groups (broad SMARTS) is 1. The number of halogens is 3. The molecule has 0 heterocycles. The molecule has 0 spiro atoms. The standard InChI is InChI=1S/C14H8BrF2NO3/c15-8-2-3-10(16)9(6-8)13(19)18-12-4-1-7(14(20)21)5-11(12)17/h1-6H,(H,18,19)(H,20,21). The minimum atomic E-state index is -1.29. The van der Waals surface area contributed by atoms with Crippen LogP contribution in [0.15, 0.2) is 40.9 Å². The van der Waals surface area contributed by atoms with E-state index in [1.54, 1.807) is 0 Å². The number of anilines is 1. The van der Waals surface area contributed by atoms with E-state index in [1.807, 2.05) is 0 Å². The van der Waals surface area contributed by atoms with Crippen molar-refractivity contribution in [2.75, 3.05) is 5.32 Å². The molecule has 21 heavy (non-hydrogen) atoms. The van der Waals surface area contributed by atoms with E-state index in [9.17, 15) is 18.4 Å². The fraction of sp³-hybridized carbons (Fsp3) is 0. The molecule has 2 aromatic rings. The van der Waals surface area contributed by atoms with Gasteiger partial charge in [-0.15, -0.1) is 0 Å². The molecule has 0 atom stereocenters. The fourth-order valence-electron chi connectivity index (χ4n) is 1.61. The molecule has 1 amide bonds. The Hall–Kier alpha value is -2.28. The topological polar surface area (TPSA) is 66.4 Å². The highest BCUT2D eigenvalue weighted by Gasteiger charge is 2.15. The molecule has 2 aromatic carbocycles. The number of hydrogen-bond donors (Lipinski definition) is 2. The smallest absolute Gasteiger partial charge is 0.335 e. The van der Waals surface area contributed by atoms with Gasteiger partial charge in [0.25, 0.3) is 5.91 Å². The van der Waals surface area contributed by atoms with E-state index in [-0.39, 0.29) is 16.8 Å². The third-order valence-electron chi connectivity index (χ3n) is 2.64. The Morgan fingerprint density at radius 3 is 2.38 bits per heavy atom. The first-order valence-electron chi connectivity index (χ1n) is 5.67. The minimum absolute atomic E-state index is 0.232. The lowest BCUT2D eigenvalue weighted by Crippen LogP contribution is -2.15. The first-order chi connectivity index (χ1) is 9.88. The Labute approximate surface area is 126 Å². The molecule has 7 heteroatoms. The van der Waals surface area contributed by atoms with E-state index in [4.69, 9.17) is 5.11 Å². The second-order valence-electron chi connectivity index (χ2n) is 4.08. The van der Waals surface area contributed by atoms with Gasteiger partial charge in [-0.3, -0.25) is 4.79 Å². The van der Waals surface area contributed by atoms with Crippen LogP contribution in [-0.2, 0) is 0 Å². The Kier molecular flexibility index (Phi) is 4.32. The van der Waals surface area contributed by atoms with Crippen LogP contribution in [0, 0.1) is 11.6 Å². The second kappa shape index (κ2) is 6.01. The fourth-order valence-corrected chi connectivity index (χ4v) is 1.97. The van der Waals surface area contributed by atoms with E-state index >= 15 is 0 Å². The van der Waals surface area contributed by atoms with Crippen LogP contribution in [0.1, 0.15) is 20.7 Å². The normalized spacial score (nSPS) is 10.2. The van der Waals surface area contributed by atoms with Crippen LogP contribution in [-0.4, -0.2) is 17.0 Å². The molecule has 0 aliphatic rings. The van der Waals surface area contributed by atoms with Gasteiger partial charge >= 0.3 is 5.97 Å². The van der Waals surface area contributed by atoms with E-state index < -0.39 is 23.5 Å². The largest absolute Gasteiger partial charge is 0.478 e. The molecule has 0 saturated heterocycles. The van der Waals surface area contributed by atoms with Crippen molar-refractivity contribution in [1.82, 2.24) is 0 Å². The minimum Gasteiger partial charge on any atom is -0.478 e. The summed E-state index contributed by atoms with van der Waals surface area (Å²) in [4.78, 5) is 22.6. The number of carbonyl (C=O) groups excluding carboxylic acids is 1. The molecular formula is C14H8BrF2NO3. The summed E-state index contributed by atoms with van der Waals surface area (Å²) >= 11 is 3.10. The number of amides is 1. The summed E-state index contributed by atoms with van der Waals surface area (Å²) in [7, 11) is 0. The molecule has 2 rings (SSSR count). The second-order valence-corrected chi connectivity index (χ2v) is 4.99. The van der Waals surface area contributed by atoms with E-state index in [0.717, 1.165) is 24.3 Å². The van der Waals surface area contributed by atoms with Gasteiger partial charge in [-0.1, -0.05) is 15.9 Å². The van der Waals surface area contributed by atoms with Crippen molar-refractivity contribution in [2.24, 2.45) is 0 Å². The van der Waals surface area contributed by atoms with Gasteiger partial charge in [0, 0.05) is 4.47 Å². The summed E-state index contributed by atoms with van der Waals surface area (Å²) in [6, 6.07) is 6.80. The first-order valence-corrected chi connectivity index (χ1v) is 6.47. The van der Waals surface area contributed by atoms with Crippen LogP contribution in [0.4, 0.5) is 14.5 Å². The molecule has 4 nitrogen and oxygen atoms in total. The van der Waals surface area contributed by atoms with Gasteiger partial charge in [0.2, 0.25) is 0 Å². The maximum absolute atomic E-state index is 13.7. The monoisotopic (exact) mass is 355 g/mol.